The van der Waals surface area contributed by atoms with E-state index in [9.17, 15) is 9.59 Å². The van der Waals surface area contributed by atoms with E-state index in [1.165, 1.54) is 6.08 Å². The van der Waals surface area contributed by atoms with Gasteiger partial charge in [-0.15, -0.1) is 0 Å². The number of imide groups is 1. The minimum atomic E-state index is -0.433. The maximum atomic E-state index is 12.9. The van der Waals surface area contributed by atoms with E-state index in [1.807, 2.05) is 0 Å². The third-order valence-electron chi connectivity index (χ3n) is 4.79. The lowest BCUT2D eigenvalue weighted by molar-refractivity contribution is -0.123. The summed E-state index contributed by atoms with van der Waals surface area (Å²) in [4.78, 5) is 26.8. The van der Waals surface area contributed by atoms with Crippen molar-refractivity contribution in [2.24, 2.45) is 0 Å². The van der Waals surface area contributed by atoms with Gasteiger partial charge in [-0.2, -0.15) is 0 Å². The van der Waals surface area contributed by atoms with Gasteiger partial charge in [-0.25, -0.2) is 0 Å². The fourth-order valence-corrected chi connectivity index (χ4v) is 4.86. The van der Waals surface area contributed by atoms with Crippen LogP contribution in [-0.4, -0.2) is 22.8 Å². The summed E-state index contributed by atoms with van der Waals surface area (Å²) in [6, 6.07) is 11.8. The Kier molecular flexibility index (Phi) is 5.59. The Hall–Kier alpha value is -2.58. The van der Waals surface area contributed by atoms with Crippen LogP contribution < -0.4 is 9.47 Å². The molecular weight excluding hydrogens is 497 g/mol. The first kappa shape index (κ1) is 21.3. The van der Waals surface area contributed by atoms with Gasteiger partial charge in [-0.1, -0.05) is 34.8 Å². The quantitative estimate of drug-likeness (QED) is 0.358. The largest absolute Gasteiger partial charge is 0.457 e. The highest BCUT2D eigenvalue weighted by Gasteiger charge is 2.36. The maximum absolute atomic E-state index is 12.9. The zero-order valence-electron chi connectivity index (χ0n) is 16.1. The summed E-state index contributed by atoms with van der Waals surface area (Å²) in [6.07, 6.45) is 1.53. The lowest BCUT2D eigenvalue weighted by Crippen LogP contribution is -2.27. The molecule has 2 aliphatic rings. The van der Waals surface area contributed by atoms with E-state index in [4.69, 9.17) is 48.7 Å². The second-order valence-electron chi connectivity index (χ2n) is 6.92. The summed E-state index contributed by atoms with van der Waals surface area (Å²) in [5.41, 5.74) is 1.28. The molecule has 1 fully saturated rings. The first-order valence-electron chi connectivity index (χ1n) is 9.27. The SMILES string of the molecule is O=C1S/C(=C\c2ccc(-c3cc(Cl)cc(Cl)c3)o2)C(=O)N1Cc1cc2c(cc1Cl)OCO2. The molecule has 2 amide bonds. The van der Waals surface area contributed by atoms with Gasteiger partial charge >= 0.3 is 0 Å². The van der Waals surface area contributed by atoms with Crippen LogP contribution >= 0.6 is 46.6 Å². The molecule has 0 N–H and O–H groups in total. The molecule has 3 heterocycles. The fourth-order valence-electron chi connectivity index (χ4n) is 3.30. The summed E-state index contributed by atoms with van der Waals surface area (Å²) in [6.45, 7) is 0.119. The van der Waals surface area contributed by atoms with Gasteiger partial charge in [0.2, 0.25) is 6.79 Å². The summed E-state index contributed by atoms with van der Waals surface area (Å²) in [7, 11) is 0. The van der Waals surface area contributed by atoms with Crippen molar-refractivity contribution in [3.05, 3.63) is 73.8 Å². The number of hydrogen-bond acceptors (Lipinski definition) is 6. The number of thioether (sulfide) groups is 1. The molecule has 3 aromatic rings. The Bertz CT molecular complexity index is 1280. The fraction of sp³-hybridized carbons (Fsp3) is 0.0909. The number of halogens is 3. The van der Waals surface area contributed by atoms with Crippen molar-refractivity contribution >= 4 is 63.8 Å². The van der Waals surface area contributed by atoms with Crippen molar-refractivity contribution in [2.75, 3.05) is 6.79 Å². The first-order chi connectivity index (χ1) is 15.4. The van der Waals surface area contributed by atoms with E-state index in [0.717, 1.165) is 16.7 Å². The summed E-state index contributed by atoms with van der Waals surface area (Å²) >= 11 is 19.2. The summed E-state index contributed by atoms with van der Waals surface area (Å²) in [5.74, 6) is 1.57. The van der Waals surface area contributed by atoms with Gasteiger partial charge in [0.15, 0.2) is 11.5 Å². The number of ether oxygens (including phenoxy) is 2. The van der Waals surface area contributed by atoms with Gasteiger partial charge in [0.05, 0.1) is 11.4 Å². The lowest BCUT2D eigenvalue weighted by atomic mass is 10.2. The highest BCUT2D eigenvalue weighted by molar-refractivity contribution is 8.18. The monoisotopic (exact) mass is 507 g/mol. The molecular formula is C22H12Cl3NO5S. The van der Waals surface area contributed by atoms with Crippen LogP contribution in [0.1, 0.15) is 11.3 Å². The van der Waals surface area contributed by atoms with E-state index >= 15 is 0 Å². The predicted molar refractivity (Wildman–Crippen MR) is 123 cm³/mol. The van der Waals surface area contributed by atoms with Gasteiger partial charge < -0.3 is 13.9 Å². The molecule has 0 radical (unpaired) electrons. The zero-order valence-corrected chi connectivity index (χ0v) is 19.1. The molecule has 2 aliphatic heterocycles. The first-order valence-corrected chi connectivity index (χ1v) is 11.2. The molecule has 0 atom stereocenters. The molecule has 0 unspecified atom stereocenters. The number of rotatable bonds is 4. The van der Waals surface area contributed by atoms with Crippen LogP contribution in [0.25, 0.3) is 17.4 Å². The standard InChI is InChI=1S/C22H12Cl3NO5S/c23-13-3-11(4-14(24)6-13)17-2-1-15(31-17)7-20-21(27)26(22(28)32-20)9-12-5-18-19(8-16(12)25)30-10-29-18/h1-8H,9-10H2/b20-7-. The molecule has 5 rings (SSSR count). The number of amides is 2. The van der Waals surface area contributed by atoms with Crippen LogP contribution in [0.15, 0.2) is 51.8 Å². The van der Waals surface area contributed by atoms with Gasteiger partial charge in [0, 0.05) is 32.8 Å². The molecule has 1 saturated heterocycles. The van der Waals surface area contributed by atoms with Gasteiger partial charge in [-0.05, 0) is 53.7 Å². The number of fused-ring (bicyclic) bond motifs is 1. The second-order valence-corrected chi connectivity index (χ2v) is 9.20. The van der Waals surface area contributed by atoms with Crippen molar-refractivity contribution in [1.82, 2.24) is 4.90 Å². The summed E-state index contributed by atoms with van der Waals surface area (Å²) in [5, 5.41) is 0.944. The molecule has 0 saturated carbocycles. The highest BCUT2D eigenvalue weighted by atomic mass is 35.5. The van der Waals surface area contributed by atoms with E-state index in [1.54, 1.807) is 42.5 Å². The Morgan fingerprint density at radius 3 is 2.44 bits per heavy atom. The van der Waals surface area contributed by atoms with Crippen LogP contribution in [-0.2, 0) is 11.3 Å². The Morgan fingerprint density at radius 1 is 0.969 bits per heavy atom. The number of carbonyl (C=O) groups excluding carboxylic acids is 2. The predicted octanol–water partition coefficient (Wildman–Crippen LogP) is 6.87. The molecule has 1 aromatic heterocycles. The van der Waals surface area contributed by atoms with Gasteiger partial charge in [-0.3, -0.25) is 14.5 Å². The van der Waals surface area contributed by atoms with E-state index in [2.05, 4.69) is 0 Å². The minimum Gasteiger partial charge on any atom is -0.457 e. The van der Waals surface area contributed by atoms with E-state index < -0.39 is 11.1 Å². The lowest BCUT2D eigenvalue weighted by Gasteiger charge is -2.14. The number of nitrogens with zero attached hydrogens (tertiary/aromatic N) is 1. The molecule has 10 heteroatoms. The van der Waals surface area contributed by atoms with Gasteiger partial charge in [0.25, 0.3) is 11.1 Å². The molecule has 2 aromatic carbocycles. The Balaban J connectivity index is 1.37. The number of furan rings is 1. The third kappa shape index (κ3) is 4.09. The van der Waals surface area contributed by atoms with Crippen LogP contribution in [0.5, 0.6) is 11.5 Å². The number of hydrogen-bond donors (Lipinski definition) is 0. The number of carbonyl (C=O) groups is 2. The van der Waals surface area contributed by atoms with Crippen LogP contribution in [0.2, 0.25) is 15.1 Å². The van der Waals surface area contributed by atoms with Crippen LogP contribution in [0.4, 0.5) is 4.79 Å². The normalized spacial score (nSPS) is 16.5. The van der Waals surface area contributed by atoms with Crippen molar-refractivity contribution in [2.45, 2.75) is 6.54 Å². The van der Waals surface area contributed by atoms with E-state index in [0.29, 0.717) is 49.2 Å². The van der Waals surface area contributed by atoms with Crippen molar-refractivity contribution in [3.8, 4) is 22.8 Å². The van der Waals surface area contributed by atoms with Crippen molar-refractivity contribution in [1.29, 1.82) is 0 Å². The topological polar surface area (TPSA) is 69.0 Å². The zero-order chi connectivity index (χ0) is 22.4. The minimum absolute atomic E-state index is 0.0158. The Morgan fingerprint density at radius 2 is 1.69 bits per heavy atom. The second kappa shape index (κ2) is 8.41. The van der Waals surface area contributed by atoms with Crippen LogP contribution in [0, 0.1) is 0 Å². The average Bonchev–Trinajstić information content (AvgIpc) is 3.44. The highest BCUT2D eigenvalue weighted by Crippen LogP contribution is 2.39. The average molecular weight is 509 g/mol. The molecule has 6 nitrogen and oxygen atoms in total. The van der Waals surface area contributed by atoms with Crippen molar-refractivity contribution in [3.63, 3.8) is 0 Å². The molecule has 0 aliphatic carbocycles. The molecule has 162 valence electrons. The van der Waals surface area contributed by atoms with Crippen molar-refractivity contribution < 1.29 is 23.5 Å². The number of benzene rings is 2. The maximum Gasteiger partial charge on any atom is 0.293 e. The molecule has 32 heavy (non-hydrogen) atoms. The molecule has 0 bridgehead atoms. The smallest absolute Gasteiger partial charge is 0.293 e. The third-order valence-corrected chi connectivity index (χ3v) is 6.49. The van der Waals surface area contributed by atoms with Gasteiger partial charge in [0.1, 0.15) is 11.5 Å². The molecule has 0 spiro atoms. The summed E-state index contributed by atoms with van der Waals surface area (Å²) < 4.78 is 16.4. The Labute approximate surface area is 201 Å². The van der Waals surface area contributed by atoms with Crippen LogP contribution in [0.3, 0.4) is 0 Å². The van der Waals surface area contributed by atoms with E-state index in [-0.39, 0.29) is 18.2 Å².